The Bertz CT molecular complexity index is 1630. The molecular weight excluding hydrogens is 1000 g/mol. The maximum absolute atomic E-state index is 12.9. The van der Waals surface area contributed by atoms with Gasteiger partial charge in [-0.15, -0.1) is 0 Å². The Balaban J connectivity index is 4.81. The lowest BCUT2D eigenvalue weighted by atomic mass is 10.0. The van der Waals surface area contributed by atoms with E-state index in [-0.39, 0.29) is 25.9 Å². The minimum absolute atomic E-state index is 0.0414. The molecule has 3 atom stereocenters. The second-order valence-corrected chi connectivity index (χ2v) is 22.3. The second kappa shape index (κ2) is 59.8. The predicted octanol–water partition coefficient (Wildman–Crippen LogP) is 19.0. The van der Waals surface area contributed by atoms with Crippen molar-refractivity contribution in [2.24, 2.45) is 0 Å². The number of unbranched alkanes of at least 4 members (excludes halogenated alkanes) is 27. The summed E-state index contributed by atoms with van der Waals surface area (Å²) in [7, 11) is -4.77. The van der Waals surface area contributed by atoms with Crippen LogP contribution in [-0.2, 0) is 42.2 Å². The molecule has 0 heterocycles. The molecule has 0 aromatic heterocycles. The monoisotopic (exact) mass is 1110 g/mol. The van der Waals surface area contributed by atoms with Crippen molar-refractivity contribution in [2.45, 2.75) is 290 Å². The summed E-state index contributed by atoms with van der Waals surface area (Å²) in [6, 6.07) is 0. The molecule has 0 bridgehead atoms. The third kappa shape index (κ3) is 57.3. The van der Waals surface area contributed by atoms with E-state index in [4.69, 9.17) is 23.3 Å². The summed E-state index contributed by atoms with van der Waals surface area (Å²) in [5, 5.41) is 9.84. The number of hydrogen-bond donors (Lipinski definition) is 2. The molecule has 11 nitrogen and oxygen atoms in total. The van der Waals surface area contributed by atoms with Crippen LogP contribution in [0.25, 0.3) is 0 Å². The maximum Gasteiger partial charge on any atom is 0.472 e. The van der Waals surface area contributed by atoms with Crippen LogP contribution in [0.2, 0.25) is 0 Å². The Labute approximate surface area is 477 Å². The van der Waals surface area contributed by atoms with E-state index >= 15 is 0 Å². The van der Waals surface area contributed by atoms with Gasteiger partial charge in [0.25, 0.3) is 0 Å². The lowest BCUT2D eigenvalue weighted by Gasteiger charge is -2.21. The Morgan fingerprint density at radius 2 is 0.692 bits per heavy atom. The van der Waals surface area contributed by atoms with Crippen LogP contribution in [0.15, 0.2) is 85.1 Å². The number of phosphoric ester groups is 1. The van der Waals surface area contributed by atoms with Crippen molar-refractivity contribution in [1.82, 2.24) is 0 Å². The minimum atomic E-state index is -4.77. The van der Waals surface area contributed by atoms with Gasteiger partial charge in [0.2, 0.25) is 0 Å². The van der Waals surface area contributed by atoms with Gasteiger partial charge in [0.1, 0.15) is 12.7 Å². The first-order chi connectivity index (χ1) is 38.2. The van der Waals surface area contributed by atoms with Crippen LogP contribution in [0.4, 0.5) is 0 Å². The second-order valence-electron chi connectivity index (χ2n) is 20.8. The van der Waals surface area contributed by atoms with Crippen molar-refractivity contribution >= 4 is 25.7 Å². The van der Waals surface area contributed by atoms with E-state index < -0.39 is 57.8 Å². The quantitative estimate of drug-likeness (QED) is 0.0197. The zero-order valence-corrected chi connectivity index (χ0v) is 50.8. The summed E-state index contributed by atoms with van der Waals surface area (Å²) in [5.74, 6) is -1.57. The molecular formula is C66H115O11P. The number of aliphatic hydroxyl groups excluding tert-OH is 1. The lowest BCUT2D eigenvalue weighted by molar-refractivity contribution is -0.161. The molecule has 0 saturated carbocycles. The molecule has 0 aliphatic rings. The van der Waals surface area contributed by atoms with Gasteiger partial charge in [0.05, 0.1) is 19.8 Å². The average molecular weight is 1120 g/mol. The predicted molar refractivity (Wildman–Crippen MR) is 325 cm³/mol. The van der Waals surface area contributed by atoms with Gasteiger partial charge in [-0.25, -0.2) is 4.57 Å². The molecule has 0 aromatic carbocycles. The van der Waals surface area contributed by atoms with Gasteiger partial charge in [-0.1, -0.05) is 260 Å². The SMILES string of the molecule is CC/C=C\C/C=C\C/C=C\C/C=C\C/C=C\C/C=C\CCC(=O)OC(COC(=O)CCCCCCCCCCCCCCCCCCC)COP(=O)(O)OCC(CO)OC(=O)CCCCCCC/C=C\CCCCCCCC. The molecule has 0 aliphatic carbocycles. The van der Waals surface area contributed by atoms with E-state index in [0.717, 1.165) is 89.9 Å². The van der Waals surface area contributed by atoms with Gasteiger partial charge in [-0.2, -0.15) is 0 Å². The maximum atomic E-state index is 12.9. The molecule has 0 spiro atoms. The number of carbonyl (C=O) groups excluding carboxylic acids is 3. The van der Waals surface area contributed by atoms with Crippen molar-refractivity contribution in [3.8, 4) is 0 Å². The number of carbonyl (C=O) groups is 3. The van der Waals surface area contributed by atoms with E-state index in [2.05, 4.69) is 93.7 Å². The van der Waals surface area contributed by atoms with Crippen LogP contribution < -0.4 is 0 Å². The van der Waals surface area contributed by atoms with Crippen LogP contribution >= 0.6 is 7.82 Å². The number of phosphoric acid groups is 1. The summed E-state index contributed by atoms with van der Waals surface area (Å²) in [5.41, 5.74) is 0. The first-order valence-corrected chi connectivity index (χ1v) is 33.0. The van der Waals surface area contributed by atoms with Crippen molar-refractivity contribution < 1.29 is 52.2 Å². The molecule has 0 aromatic rings. The first-order valence-electron chi connectivity index (χ1n) is 31.5. The van der Waals surface area contributed by atoms with Crippen LogP contribution in [0, 0.1) is 0 Å². The fourth-order valence-corrected chi connectivity index (χ4v) is 9.34. The molecule has 3 unspecified atom stereocenters. The number of esters is 3. The van der Waals surface area contributed by atoms with Gasteiger partial charge in [-0.05, 0) is 83.5 Å². The highest BCUT2D eigenvalue weighted by Gasteiger charge is 2.28. The van der Waals surface area contributed by atoms with Crippen LogP contribution in [0.5, 0.6) is 0 Å². The summed E-state index contributed by atoms with van der Waals surface area (Å²) in [4.78, 5) is 48.7. The van der Waals surface area contributed by atoms with Crippen LogP contribution in [-0.4, -0.2) is 66.5 Å². The molecule has 12 heteroatoms. The average Bonchev–Trinajstić information content (AvgIpc) is 3.43. The van der Waals surface area contributed by atoms with E-state index in [1.54, 1.807) is 0 Å². The molecule has 0 amide bonds. The van der Waals surface area contributed by atoms with Crippen LogP contribution in [0.3, 0.4) is 0 Å². The molecule has 450 valence electrons. The molecule has 78 heavy (non-hydrogen) atoms. The van der Waals surface area contributed by atoms with Gasteiger partial charge in [-0.3, -0.25) is 23.4 Å². The molecule has 0 saturated heterocycles. The Morgan fingerprint density at radius 3 is 1.10 bits per heavy atom. The van der Waals surface area contributed by atoms with Gasteiger partial charge in [0.15, 0.2) is 6.10 Å². The van der Waals surface area contributed by atoms with E-state index in [1.807, 2.05) is 12.2 Å². The van der Waals surface area contributed by atoms with Gasteiger partial charge in [0, 0.05) is 19.3 Å². The van der Waals surface area contributed by atoms with Crippen molar-refractivity contribution in [1.29, 1.82) is 0 Å². The topological polar surface area (TPSA) is 155 Å². The highest BCUT2D eigenvalue weighted by Crippen LogP contribution is 2.43. The van der Waals surface area contributed by atoms with Crippen LogP contribution in [0.1, 0.15) is 278 Å². The van der Waals surface area contributed by atoms with Gasteiger partial charge < -0.3 is 24.2 Å². The van der Waals surface area contributed by atoms with Crippen molar-refractivity contribution in [3.05, 3.63) is 85.1 Å². The highest BCUT2D eigenvalue weighted by molar-refractivity contribution is 7.47. The molecule has 0 radical (unpaired) electrons. The largest absolute Gasteiger partial charge is 0.472 e. The normalized spacial score (nSPS) is 13.9. The van der Waals surface area contributed by atoms with Gasteiger partial charge >= 0.3 is 25.7 Å². The Kier molecular flexibility index (Phi) is 57.2. The molecule has 0 rings (SSSR count). The third-order valence-corrected chi connectivity index (χ3v) is 14.3. The zero-order valence-electron chi connectivity index (χ0n) is 49.9. The summed E-state index contributed by atoms with van der Waals surface area (Å²) < 4.78 is 39.5. The van der Waals surface area contributed by atoms with E-state index in [9.17, 15) is 28.9 Å². The number of hydrogen-bond acceptors (Lipinski definition) is 10. The zero-order chi connectivity index (χ0) is 56.9. The Morgan fingerprint density at radius 1 is 0.372 bits per heavy atom. The smallest absolute Gasteiger partial charge is 0.462 e. The third-order valence-electron chi connectivity index (χ3n) is 13.3. The number of aliphatic hydroxyl groups is 1. The van der Waals surface area contributed by atoms with Crippen molar-refractivity contribution in [2.75, 3.05) is 26.4 Å². The summed E-state index contributed by atoms with van der Waals surface area (Å²) in [6.45, 7) is 4.47. The lowest BCUT2D eigenvalue weighted by Crippen LogP contribution is -2.30. The summed E-state index contributed by atoms with van der Waals surface area (Å²) in [6.07, 6.45) is 69.8. The first kappa shape index (κ1) is 74.7. The Hall–Kier alpha value is -3.34. The minimum Gasteiger partial charge on any atom is -0.462 e. The molecule has 2 N–H and O–H groups in total. The summed E-state index contributed by atoms with van der Waals surface area (Å²) >= 11 is 0. The van der Waals surface area contributed by atoms with E-state index in [1.165, 1.54) is 122 Å². The fourth-order valence-electron chi connectivity index (χ4n) is 8.55. The standard InChI is InChI=1S/C66H115O11P/c1-4-7-10-13-16-19-22-25-28-30-31-33-36-39-42-45-48-51-54-57-66(70)77-63(59-73-64(68)55-52-49-46-43-40-37-35-32-29-26-23-20-17-14-11-8-5-2)61-75-78(71,72)74-60-62(58-67)76-65(69)56-53-50-47-44-41-38-34-27-24-21-18-15-12-9-6-3/h7,10,16,19,25,27-28,31,33-34,39,42,48,51,62-63,67H,4-6,8-9,11-15,17-18,20-24,26,29-30,32,35-38,40-41,43-47,49-50,52-61H2,1-3H3,(H,71,72)/b10-7-,19-16-,28-25-,33-31-,34-27-,42-39-,51-48-. The molecule has 0 fully saturated rings. The van der Waals surface area contributed by atoms with E-state index in [0.29, 0.717) is 25.7 Å². The molecule has 0 aliphatic heterocycles. The number of ether oxygens (including phenoxy) is 3. The highest BCUT2D eigenvalue weighted by atomic mass is 31.2. The number of rotatable bonds is 58. The van der Waals surface area contributed by atoms with Crippen molar-refractivity contribution in [3.63, 3.8) is 0 Å². The fraction of sp³-hybridized carbons (Fsp3) is 0.742. The number of allylic oxidation sites excluding steroid dienone is 14.